The predicted octanol–water partition coefficient (Wildman–Crippen LogP) is 1.53. The van der Waals surface area contributed by atoms with Crippen LogP contribution in [0.2, 0.25) is 0 Å². The lowest BCUT2D eigenvalue weighted by atomic mass is 9.92. The molecule has 0 aromatic rings. The Kier molecular flexibility index (Phi) is 3.01. The molecule has 0 bridgehead atoms. The number of nitrogens with one attached hydrogen (secondary N) is 1. The molecule has 0 aromatic heterocycles. The van der Waals surface area contributed by atoms with Crippen LogP contribution in [-0.4, -0.2) is 35.5 Å². The molecule has 1 atom stereocenters. The molecule has 86 valence electrons. The Bertz CT molecular complexity index is 242. The fourth-order valence-corrected chi connectivity index (χ4v) is 2.67. The Morgan fingerprint density at radius 2 is 2.20 bits per heavy atom. The Balaban J connectivity index is 2.09. The van der Waals surface area contributed by atoms with E-state index in [2.05, 4.69) is 24.1 Å². The maximum absolute atomic E-state index is 12.5. The second-order valence-electron chi connectivity index (χ2n) is 4.79. The van der Waals surface area contributed by atoms with E-state index in [1.807, 2.05) is 0 Å². The van der Waals surface area contributed by atoms with Gasteiger partial charge in [0.2, 0.25) is 5.91 Å². The van der Waals surface area contributed by atoms with E-state index in [-0.39, 0.29) is 5.54 Å². The van der Waals surface area contributed by atoms with E-state index in [4.69, 9.17) is 0 Å². The smallest absolute Gasteiger partial charge is 0.243 e. The lowest BCUT2D eigenvalue weighted by Crippen LogP contribution is -2.55. The maximum Gasteiger partial charge on any atom is 0.243 e. The summed E-state index contributed by atoms with van der Waals surface area (Å²) in [5.74, 6) is 0.354. The first-order valence-corrected chi connectivity index (χ1v) is 6.29. The van der Waals surface area contributed by atoms with Gasteiger partial charge in [0, 0.05) is 12.6 Å². The molecule has 0 radical (unpaired) electrons. The number of rotatable bonds is 4. The van der Waals surface area contributed by atoms with Crippen molar-refractivity contribution in [2.45, 2.75) is 57.5 Å². The van der Waals surface area contributed by atoms with Crippen molar-refractivity contribution in [2.24, 2.45) is 0 Å². The molecule has 1 heterocycles. The number of hydrogen-bond acceptors (Lipinski definition) is 2. The van der Waals surface area contributed by atoms with E-state index in [1.165, 1.54) is 12.8 Å². The van der Waals surface area contributed by atoms with Crippen LogP contribution in [-0.2, 0) is 4.79 Å². The summed E-state index contributed by atoms with van der Waals surface area (Å²) >= 11 is 0. The topological polar surface area (TPSA) is 32.3 Å². The van der Waals surface area contributed by atoms with E-state index < -0.39 is 0 Å². The van der Waals surface area contributed by atoms with E-state index in [1.54, 1.807) is 0 Å². The van der Waals surface area contributed by atoms with E-state index in [0.29, 0.717) is 11.9 Å². The Morgan fingerprint density at radius 3 is 2.60 bits per heavy atom. The molecule has 15 heavy (non-hydrogen) atoms. The molecule has 1 amide bonds. The van der Waals surface area contributed by atoms with Crippen molar-refractivity contribution < 1.29 is 4.79 Å². The standard InChI is InChI=1S/C12H22N2O/c1-3-12(8-5-9-13-12)11(15)14(4-2)10-6-7-10/h10,13H,3-9H2,1-2H3. The molecule has 2 rings (SSSR count). The van der Waals surface area contributed by atoms with Crippen molar-refractivity contribution in [3.05, 3.63) is 0 Å². The second-order valence-corrected chi connectivity index (χ2v) is 4.79. The van der Waals surface area contributed by atoms with Gasteiger partial charge in [0.05, 0.1) is 5.54 Å². The Labute approximate surface area is 92.2 Å². The summed E-state index contributed by atoms with van der Waals surface area (Å²) in [5.41, 5.74) is -0.224. The molecular formula is C12H22N2O. The molecule has 0 spiro atoms. The zero-order valence-electron chi connectivity index (χ0n) is 9.88. The largest absolute Gasteiger partial charge is 0.338 e. The van der Waals surface area contributed by atoms with Gasteiger partial charge in [0.25, 0.3) is 0 Å². The normalized spacial score (nSPS) is 30.5. The van der Waals surface area contributed by atoms with Crippen LogP contribution < -0.4 is 5.32 Å². The van der Waals surface area contributed by atoms with Gasteiger partial charge in [-0.1, -0.05) is 6.92 Å². The second kappa shape index (κ2) is 4.12. The van der Waals surface area contributed by atoms with E-state index in [9.17, 15) is 4.79 Å². The van der Waals surface area contributed by atoms with Crippen LogP contribution in [0.25, 0.3) is 0 Å². The zero-order valence-corrected chi connectivity index (χ0v) is 9.88. The van der Waals surface area contributed by atoms with Gasteiger partial charge in [-0.25, -0.2) is 0 Å². The summed E-state index contributed by atoms with van der Waals surface area (Å²) in [6.07, 6.45) is 5.50. The lowest BCUT2D eigenvalue weighted by Gasteiger charge is -2.33. The highest BCUT2D eigenvalue weighted by Crippen LogP contribution is 2.32. The average Bonchev–Trinajstić information content (AvgIpc) is 2.97. The lowest BCUT2D eigenvalue weighted by molar-refractivity contribution is -0.138. The first-order chi connectivity index (χ1) is 7.23. The van der Waals surface area contributed by atoms with Crippen molar-refractivity contribution in [3.8, 4) is 0 Å². The molecule has 3 heteroatoms. The van der Waals surface area contributed by atoms with Crippen LogP contribution in [0, 0.1) is 0 Å². The molecular weight excluding hydrogens is 188 g/mol. The molecule has 1 aliphatic carbocycles. The number of hydrogen-bond donors (Lipinski definition) is 1. The fraction of sp³-hybridized carbons (Fsp3) is 0.917. The predicted molar refractivity (Wildman–Crippen MR) is 60.7 cm³/mol. The van der Waals surface area contributed by atoms with Gasteiger partial charge in [-0.2, -0.15) is 0 Å². The summed E-state index contributed by atoms with van der Waals surface area (Å²) in [4.78, 5) is 14.6. The van der Waals surface area contributed by atoms with Crippen LogP contribution in [0.1, 0.15) is 46.0 Å². The Morgan fingerprint density at radius 1 is 1.47 bits per heavy atom. The summed E-state index contributed by atoms with van der Waals surface area (Å²) in [6.45, 7) is 6.08. The van der Waals surface area contributed by atoms with E-state index >= 15 is 0 Å². The highest BCUT2D eigenvalue weighted by molar-refractivity contribution is 5.87. The van der Waals surface area contributed by atoms with Crippen LogP contribution in [0.4, 0.5) is 0 Å². The molecule has 2 aliphatic rings. The highest BCUT2D eigenvalue weighted by atomic mass is 16.2. The third-order valence-corrected chi connectivity index (χ3v) is 3.85. The van der Waals surface area contributed by atoms with Gasteiger partial charge >= 0.3 is 0 Å². The zero-order chi connectivity index (χ0) is 10.9. The quantitative estimate of drug-likeness (QED) is 0.763. The minimum atomic E-state index is -0.224. The SMILES string of the molecule is CCN(C(=O)C1(CC)CCCN1)C1CC1. The average molecular weight is 210 g/mol. The maximum atomic E-state index is 12.5. The summed E-state index contributed by atoms with van der Waals surface area (Å²) in [7, 11) is 0. The summed E-state index contributed by atoms with van der Waals surface area (Å²) in [5, 5.41) is 3.43. The molecule has 2 fully saturated rings. The van der Waals surface area contributed by atoms with Gasteiger partial charge in [0.1, 0.15) is 0 Å². The Hall–Kier alpha value is -0.570. The molecule has 1 saturated carbocycles. The molecule has 1 aliphatic heterocycles. The number of amides is 1. The third kappa shape index (κ3) is 1.89. The van der Waals surface area contributed by atoms with Gasteiger partial charge in [-0.05, 0) is 45.6 Å². The molecule has 1 N–H and O–H groups in total. The molecule has 3 nitrogen and oxygen atoms in total. The number of carbonyl (C=O) groups excluding carboxylic acids is 1. The summed E-state index contributed by atoms with van der Waals surface area (Å²) < 4.78 is 0. The van der Waals surface area contributed by atoms with Crippen molar-refractivity contribution in [1.82, 2.24) is 10.2 Å². The molecule has 1 unspecified atom stereocenters. The molecule has 1 saturated heterocycles. The minimum absolute atomic E-state index is 0.224. The van der Waals surface area contributed by atoms with Crippen molar-refractivity contribution in [2.75, 3.05) is 13.1 Å². The van der Waals surface area contributed by atoms with Crippen molar-refractivity contribution in [1.29, 1.82) is 0 Å². The van der Waals surface area contributed by atoms with Gasteiger partial charge < -0.3 is 10.2 Å². The van der Waals surface area contributed by atoms with Gasteiger partial charge in [0.15, 0.2) is 0 Å². The van der Waals surface area contributed by atoms with Crippen LogP contribution >= 0.6 is 0 Å². The van der Waals surface area contributed by atoms with Gasteiger partial charge in [-0.3, -0.25) is 4.79 Å². The number of nitrogens with zero attached hydrogens (tertiary/aromatic N) is 1. The highest BCUT2D eigenvalue weighted by Gasteiger charge is 2.44. The first-order valence-electron chi connectivity index (χ1n) is 6.29. The third-order valence-electron chi connectivity index (χ3n) is 3.85. The van der Waals surface area contributed by atoms with Gasteiger partial charge in [-0.15, -0.1) is 0 Å². The summed E-state index contributed by atoms with van der Waals surface area (Å²) in [6, 6.07) is 0.549. The van der Waals surface area contributed by atoms with Crippen molar-refractivity contribution >= 4 is 5.91 Å². The number of likely N-dealkylation sites (N-methyl/N-ethyl adjacent to an activating group) is 1. The van der Waals surface area contributed by atoms with Crippen LogP contribution in [0.5, 0.6) is 0 Å². The monoisotopic (exact) mass is 210 g/mol. The van der Waals surface area contributed by atoms with Crippen LogP contribution in [0.15, 0.2) is 0 Å². The van der Waals surface area contributed by atoms with Crippen molar-refractivity contribution in [3.63, 3.8) is 0 Å². The first kappa shape index (κ1) is 10.9. The van der Waals surface area contributed by atoms with Crippen LogP contribution in [0.3, 0.4) is 0 Å². The number of carbonyl (C=O) groups is 1. The van der Waals surface area contributed by atoms with E-state index in [0.717, 1.165) is 32.4 Å². The molecule has 0 aromatic carbocycles. The minimum Gasteiger partial charge on any atom is -0.338 e. The fourth-order valence-electron chi connectivity index (χ4n) is 2.67.